The van der Waals surface area contributed by atoms with Crippen molar-refractivity contribution in [2.45, 2.75) is 6.61 Å². The molecule has 19 heavy (non-hydrogen) atoms. The molecule has 1 aromatic carbocycles. The van der Waals surface area contributed by atoms with Gasteiger partial charge in [0.2, 0.25) is 0 Å². The zero-order chi connectivity index (χ0) is 12.8. The first-order chi connectivity index (χ1) is 9.33. The Balaban J connectivity index is 1.97. The minimum Gasteiger partial charge on any atom is -0.486 e. The number of anilines is 1. The van der Waals surface area contributed by atoms with Gasteiger partial charge in [0.15, 0.2) is 11.5 Å². The highest BCUT2D eigenvalue weighted by Crippen LogP contribution is 2.39. The summed E-state index contributed by atoms with van der Waals surface area (Å²) in [6.07, 6.45) is 0. The number of ether oxygens (including phenoxy) is 3. The molecule has 5 nitrogen and oxygen atoms in total. The summed E-state index contributed by atoms with van der Waals surface area (Å²) in [7, 11) is 1.98. The summed E-state index contributed by atoms with van der Waals surface area (Å²) in [6, 6.07) is 6.00. The summed E-state index contributed by atoms with van der Waals surface area (Å²) in [5, 5.41) is 0.995. The predicted octanol–water partition coefficient (Wildman–Crippen LogP) is 1.93. The van der Waals surface area contributed by atoms with E-state index in [2.05, 4.69) is 6.07 Å². The van der Waals surface area contributed by atoms with E-state index in [1.807, 2.05) is 24.1 Å². The van der Waals surface area contributed by atoms with Gasteiger partial charge in [-0.25, -0.2) is 4.98 Å². The van der Waals surface area contributed by atoms with Gasteiger partial charge in [0.1, 0.15) is 25.8 Å². The van der Waals surface area contributed by atoms with Crippen molar-refractivity contribution >= 4 is 16.7 Å². The van der Waals surface area contributed by atoms with E-state index in [0.29, 0.717) is 26.6 Å². The molecule has 0 aliphatic carbocycles. The first-order valence-electron chi connectivity index (χ1n) is 6.34. The molecule has 0 N–H and O–H groups in total. The van der Waals surface area contributed by atoms with Crippen molar-refractivity contribution in [1.82, 2.24) is 4.98 Å². The SMILES string of the molecule is CN1COCc2cc3c4c(ccc3nc21)OCCO4. The average Bonchev–Trinajstić information content (AvgIpc) is 2.46. The topological polar surface area (TPSA) is 43.8 Å². The number of fused-ring (bicyclic) bond motifs is 4. The number of hydrogen-bond donors (Lipinski definition) is 0. The van der Waals surface area contributed by atoms with Crippen molar-refractivity contribution in [1.29, 1.82) is 0 Å². The lowest BCUT2D eigenvalue weighted by Crippen LogP contribution is -2.27. The summed E-state index contributed by atoms with van der Waals surface area (Å²) in [4.78, 5) is 6.72. The van der Waals surface area contributed by atoms with E-state index in [-0.39, 0.29) is 0 Å². The van der Waals surface area contributed by atoms with Crippen LogP contribution < -0.4 is 14.4 Å². The average molecular weight is 258 g/mol. The van der Waals surface area contributed by atoms with Gasteiger partial charge in [0, 0.05) is 18.0 Å². The van der Waals surface area contributed by atoms with Gasteiger partial charge in [0.25, 0.3) is 0 Å². The fourth-order valence-corrected chi connectivity index (χ4v) is 2.58. The zero-order valence-corrected chi connectivity index (χ0v) is 10.7. The second-order valence-corrected chi connectivity index (χ2v) is 4.80. The minimum absolute atomic E-state index is 0.579. The standard InChI is InChI=1S/C14H14N2O3/c1-16-8-17-7-9-6-10-11(15-14(9)16)2-3-12-13(10)19-5-4-18-12/h2-3,6H,4-5,7-8H2,1H3. The highest BCUT2D eigenvalue weighted by atomic mass is 16.6. The Labute approximate surface area is 110 Å². The monoisotopic (exact) mass is 258 g/mol. The quantitative estimate of drug-likeness (QED) is 0.722. The predicted molar refractivity (Wildman–Crippen MR) is 70.8 cm³/mol. The van der Waals surface area contributed by atoms with E-state index in [9.17, 15) is 0 Å². The molecule has 0 bridgehead atoms. The second-order valence-electron chi connectivity index (χ2n) is 4.80. The van der Waals surface area contributed by atoms with Crippen molar-refractivity contribution in [3.8, 4) is 11.5 Å². The van der Waals surface area contributed by atoms with Gasteiger partial charge in [-0.2, -0.15) is 0 Å². The number of aromatic nitrogens is 1. The van der Waals surface area contributed by atoms with E-state index in [1.165, 1.54) is 0 Å². The molecule has 0 saturated carbocycles. The number of pyridine rings is 1. The summed E-state index contributed by atoms with van der Waals surface area (Å²) in [5.41, 5.74) is 2.01. The van der Waals surface area contributed by atoms with E-state index in [4.69, 9.17) is 19.2 Å². The second kappa shape index (κ2) is 3.99. The maximum atomic E-state index is 5.74. The van der Waals surface area contributed by atoms with Gasteiger partial charge in [-0.3, -0.25) is 0 Å². The lowest BCUT2D eigenvalue weighted by atomic mass is 10.1. The molecule has 5 heteroatoms. The van der Waals surface area contributed by atoms with Gasteiger partial charge < -0.3 is 19.1 Å². The van der Waals surface area contributed by atoms with Gasteiger partial charge in [-0.05, 0) is 18.2 Å². The van der Waals surface area contributed by atoms with Crippen molar-refractivity contribution in [2.24, 2.45) is 0 Å². The van der Waals surface area contributed by atoms with E-state index in [0.717, 1.165) is 33.8 Å². The third-order valence-corrected chi connectivity index (χ3v) is 3.46. The van der Waals surface area contributed by atoms with Crippen LogP contribution in [0.4, 0.5) is 5.82 Å². The van der Waals surface area contributed by atoms with Crippen LogP contribution in [-0.4, -0.2) is 32.0 Å². The first-order valence-corrected chi connectivity index (χ1v) is 6.34. The highest BCUT2D eigenvalue weighted by Gasteiger charge is 2.21. The van der Waals surface area contributed by atoms with Crippen molar-refractivity contribution in [2.75, 3.05) is 31.9 Å². The Kier molecular flexibility index (Phi) is 2.29. The van der Waals surface area contributed by atoms with Crippen LogP contribution in [0, 0.1) is 0 Å². The summed E-state index contributed by atoms with van der Waals surface area (Å²) in [6.45, 7) is 2.35. The number of nitrogens with zero attached hydrogens (tertiary/aromatic N) is 2. The molecule has 0 fully saturated rings. The molecular weight excluding hydrogens is 244 g/mol. The number of rotatable bonds is 0. The molecule has 2 aromatic rings. The van der Waals surface area contributed by atoms with Gasteiger partial charge in [0.05, 0.1) is 12.1 Å². The molecule has 0 atom stereocenters. The van der Waals surface area contributed by atoms with Crippen molar-refractivity contribution in [3.05, 3.63) is 23.8 Å². The molecule has 3 heterocycles. The lowest BCUT2D eigenvalue weighted by Gasteiger charge is -2.27. The Bertz CT molecular complexity index is 657. The third-order valence-electron chi connectivity index (χ3n) is 3.46. The fourth-order valence-electron chi connectivity index (χ4n) is 2.58. The Morgan fingerprint density at radius 2 is 2.11 bits per heavy atom. The van der Waals surface area contributed by atoms with Gasteiger partial charge in [-0.1, -0.05) is 0 Å². The van der Waals surface area contributed by atoms with Gasteiger partial charge in [-0.15, -0.1) is 0 Å². The molecular formula is C14H14N2O3. The summed E-state index contributed by atoms with van der Waals surface area (Å²) < 4.78 is 16.9. The highest BCUT2D eigenvalue weighted by molar-refractivity contribution is 5.90. The number of benzene rings is 1. The number of hydrogen-bond acceptors (Lipinski definition) is 5. The van der Waals surface area contributed by atoms with E-state index < -0.39 is 0 Å². The maximum Gasteiger partial charge on any atom is 0.170 e. The molecule has 0 saturated heterocycles. The van der Waals surface area contributed by atoms with Gasteiger partial charge >= 0.3 is 0 Å². The van der Waals surface area contributed by atoms with E-state index in [1.54, 1.807) is 0 Å². The molecule has 0 radical (unpaired) electrons. The molecule has 1 aromatic heterocycles. The molecule has 2 aliphatic heterocycles. The van der Waals surface area contributed by atoms with Crippen LogP contribution in [0.3, 0.4) is 0 Å². The Hall–Kier alpha value is -2.01. The Morgan fingerprint density at radius 3 is 3.05 bits per heavy atom. The molecule has 0 spiro atoms. The molecule has 0 amide bonds. The summed E-state index contributed by atoms with van der Waals surface area (Å²) in [5.74, 6) is 2.58. The van der Waals surface area contributed by atoms with E-state index >= 15 is 0 Å². The Morgan fingerprint density at radius 1 is 1.21 bits per heavy atom. The minimum atomic E-state index is 0.579. The van der Waals surface area contributed by atoms with Crippen LogP contribution in [0.1, 0.15) is 5.56 Å². The smallest absolute Gasteiger partial charge is 0.170 e. The van der Waals surface area contributed by atoms with Crippen LogP contribution in [0.25, 0.3) is 10.9 Å². The first kappa shape index (κ1) is 10.9. The molecule has 98 valence electrons. The largest absolute Gasteiger partial charge is 0.486 e. The molecule has 2 aliphatic rings. The van der Waals surface area contributed by atoms with Crippen LogP contribution in [0.2, 0.25) is 0 Å². The van der Waals surface area contributed by atoms with Crippen LogP contribution in [-0.2, 0) is 11.3 Å². The van der Waals surface area contributed by atoms with Crippen molar-refractivity contribution in [3.63, 3.8) is 0 Å². The normalized spacial score (nSPS) is 17.4. The lowest BCUT2D eigenvalue weighted by molar-refractivity contribution is 0.113. The maximum absolute atomic E-state index is 5.74. The fraction of sp³-hybridized carbons (Fsp3) is 0.357. The summed E-state index contributed by atoms with van der Waals surface area (Å²) >= 11 is 0. The van der Waals surface area contributed by atoms with Crippen LogP contribution in [0.15, 0.2) is 18.2 Å². The molecule has 0 unspecified atom stereocenters. The van der Waals surface area contributed by atoms with Crippen LogP contribution >= 0.6 is 0 Å². The van der Waals surface area contributed by atoms with Crippen molar-refractivity contribution < 1.29 is 14.2 Å². The third kappa shape index (κ3) is 1.62. The molecule has 4 rings (SSSR count). The van der Waals surface area contributed by atoms with Crippen LogP contribution in [0.5, 0.6) is 11.5 Å². The zero-order valence-electron chi connectivity index (χ0n) is 10.7.